The Morgan fingerprint density at radius 3 is 2.55 bits per heavy atom. The lowest BCUT2D eigenvalue weighted by atomic mass is 10.0. The zero-order chi connectivity index (χ0) is 15.7. The maximum atomic E-state index is 10.0. The summed E-state index contributed by atoms with van der Waals surface area (Å²) in [7, 11) is 0. The molecule has 0 radical (unpaired) electrons. The van der Waals surface area contributed by atoms with Crippen molar-refractivity contribution in [1.82, 2.24) is 4.98 Å². The van der Waals surface area contributed by atoms with Gasteiger partial charge in [0.2, 0.25) is 0 Å². The zero-order valence-electron chi connectivity index (χ0n) is 12.5. The van der Waals surface area contributed by atoms with E-state index in [2.05, 4.69) is 36.0 Å². The van der Waals surface area contributed by atoms with Gasteiger partial charge in [-0.2, -0.15) is 0 Å². The van der Waals surface area contributed by atoms with Crippen LogP contribution in [0.15, 0.2) is 47.5 Å². The molecule has 112 valence electrons. The zero-order valence-corrected chi connectivity index (χ0v) is 13.2. The van der Waals surface area contributed by atoms with E-state index >= 15 is 0 Å². The van der Waals surface area contributed by atoms with Crippen LogP contribution in [0.25, 0.3) is 10.9 Å². The third-order valence-electron chi connectivity index (χ3n) is 3.68. The summed E-state index contributed by atoms with van der Waals surface area (Å²) in [6.07, 6.45) is 1.67. The second-order valence-corrected chi connectivity index (χ2v) is 6.02. The Hall–Kier alpha value is -2.26. The lowest BCUT2D eigenvalue weighted by Crippen LogP contribution is -1.85. The summed E-state index contributed by atoms with van der Waals surface area (Å²) < 4.78 is 0. The number of rotatable bonds is 3. The summed E-state index contributed by atoms with van der Waals surface area (Å²) in [4.78, 5) is 7.35. The standard InChI is InChI=1S/C18H17ClN2O/c1-11(2)12-3-6-14(7-4-12)20-10-16-15-8-5-13(19)9-17(15)21-18(16)22/h3-11,21-22H,1-2H3. The number of hydrogen-bond acceptors (Lipinski definition) is 2. The molecule has 3 nitrogen and oxygen atoms in total. The molecule has 1 heterocycles. The van der Waals surface area contributed by atoms with Crippen LogP contribution in [-0.4, -0.2) is 16.3 Å². The fourth-order valence-corrected chi connectivity index (χ4v) is 2.56. The highest BCUT2D eigenvalue weighted by atomic mass is 35.5. The number of halogens is 1. The number of nitrogens with zero attached hydrogens (tertiary/aromatic N) is 1. The van der Waals surface area contributed by atoms with Gasteiger partial charge in [-0.25, -0.2) is 0 Å². The minimum atomic E-state index is 0.0971. The molecule has 0 aliphatic rings. The van der Waals surface area contributed by atoms with Gasteiger partial charge in [0, 0.05) is 16.6 Å². The average Bonchev–Trinajstić information content (AvgIpc) is 2.80. The number of aliphatic imine (C=N–C) groups is 1. The van der Waals surface area contributed by atoms with Crippen LogP contribution in [0.1, 0.15) is 30.9 Å². The van der Waals surface area contributed by atoms with Crippen LogP contribution in [0.3, 0.4) is 0 Å². The molecule has 0 aliphatic carbocycles. The predicted molar refractivity (Wildman–Crippen MR) is 92.8 cm³/mol. The largest absolute Gasteiger partial charge is 0.494 e. The fraction of sp³-hybridized carbons (Fsp3) is 0.167. The molecule has 0 fully saturated rings. The van der Waals surface area contributed by atoms with E-state index in [-0.39, 0.29) is 5.88 Å². The Morgan fingerprint density at radius 2 is 1.86 bits per heavy atom. The van der Waals surface area contributed by atoms with Gasteiger partial charge < -0.3 is 10.1 Å². The van der Waals surface area contributed by atoms with Gasteiger partial charge in [-0.1, -0.05) is 43.6 Å². The normalized spacial score (nSPS) is 11.8. The van der Waals surface area contributed by atoms with E-state index in [0.717, 1.165) is 16.6 Å². The lowest BCUT2D eigenvalue weighted by Gasteiger charge is -2.04. The van der Waals surface area contributed by atoms with E-state index in [1.807, 2.05) is 18.2 Å². The molecule has 1 aromatic heterocycles. The van der Waals surface area contributed by atoms with Gasteiger partial charge in [-0.05, 0) is 35.7 Å². The highest BCUT2D eigenvalue weighted by molar-refractivity contribution is 6.31. The van der Waals surface area contributed by atoms with Crippen molar-refractivity contribution in [1.29, 1.82) is 0 Å². The van der Waals surface area contributed by atoms with E-state index in [0.29, 0.717) is 16.5 Å². The molecule has 0 saturated heterocycles. The highest BCUT2D eigenvalue weighted by Gasteiger charge is 2.09. The molecule has 2 N–H and O–H groups in total. The highest BCUT2D eigenvalue weighted by Crippen LogP contribution is 2.28. The molecular weight excluding hydrogens is 296 g/mol. The molecule has 0 spiro atoms. The van der Waals surface area contributed by atoms with Crippen LogP contribution in [0.5, 0.6) is 5.88 Å². The molecule has 3 rings (SSSR count). The summed E-state index contributed by atoms with van der Waals surface area (Å²) >= 11 is 5.96. The van der Waals surface area contributed by atoms with Crippen LogP contribution in [0.2, 0.25) is 5.02 Å². The second-order valence-electron chi connectivity index (χ2n) is 5.58. The number of hydrogen-bond donors (Lipinski definition) is 2. The number of aromatic nitrogens is 1. The van der Waals surface area contributed by atoms with Crippen molar-refractivity contribution in [3.8, 4) is 5.88 Å². The van der Waals surface area contributed by atoms with Crippen molar-refractivity contribution in [3.63, 3.8) is 0 Å². The molecule has 0 unspecified atom stereocenters. The van der Waals surface area contributed by atoms with E-state index in [1.165, 1.54) is 5.56 Å². The number of nitrogens with one attached hydrogen (secondary N) is 1. The summed E-state index contributed by atoms with van der Waals surface area (Å²) in [6, 6.07) is 13.6. The van der Waals surface area contributed by atoms with Crippen molar-refractivity contribution < 1.29 is 5.11 Å². The summed E-state index contributed by atoms with van der Waals surface area (Å²) in [5, 5.41) is 11.5. The Bertz CT molecular complexity index is 832. The summed E-state index contributed by atoms with van der Waals surface area (Å²) in [5.74, 6) is 0.597. The van der Waals surface area contributed by atoms with Crippen LogP contribution in [0, 0.1) is 0 Å². The Morgan fingerprint density at radius 1 is 1.14 bits per heavy atom. The molecule has 22 heavy (non-hydrogen) atoms. The first kappa shape index (κ1) is 14.7. The SMILES string of the molecule is CC(C)c1ccc(N=Cc2c(O)[nH]c3cc(Cl)ccc23)cc1. The minimum absolute atomic E-state index is 0.0971. The molecule has 4 heteroatoms. The van der Waals surface area contributed by atoms with Gasteiger partial charge in [0.25, 0.3) is 0 Å². The van der Waals surface area contributed by atoms with Crippen molar-refractivity contribution in [3.05, 3.63) is 58.6 Å². The van der Waals surface area contributed by atoms with Crippen LogP contribution in [-0.2, 0) is 0 Å². The number of H-pyrrole nitrogens is 1. The molecule has 3 aromatic rings. The van der Waals surface area contributed by atoms with E-state index in [1.54, 1.807) is 18.3 Å². The number of aromatic amines is 1. The quantitative estimate of drug-likeness (QED) is 0.625. The van der Waals surface area contributed by atoms with Gasteiger partial charge in [-0.3, -0.25) is 4.99 Å². The summed E-state index contributed by atoms with van der Waals surface area (Å²) in [6.45, 7) is 4.32. The van der Waals surface area contributed by atoms with Gasteiger partial charge in [-0.15, -0.1) is 0 Å². The molecule has 0 aliphatic heterocycles. The van der Waals surface area contributed by atoms with Crippen LogP contribution >= 0.6 is 11.6 Å². The number of fused-ring (bicyclic) bond motifs is 1. The Labute approximate surface area is 134 Å². The van der Waals surface area contributed by atoms with Crippen LogP contribution < -0.4 is 0 Å². The number of aromatic hydroxyl groups is 1. The maximum Gasteiger partial charge on any atom is 0.198 e. The Kier molecular flexibility index (Phi) is 3.90. The fourth-order valence-electron chi connectivity index (χ4n) is 2.39. The number of benzene rings is 2. The van der Waals surface area contributed by atoms with Gasteiger partial charge in [0.1, 0.15) is 0 Å². The third kappa shape index (κ3) is 2.85. The first-order valence-electron chi connectivity index (χ1n) is 7.19. The minimum Gasteiger partial charge on any atom is -0.494 e. The maximum absolute atomic E-state index is 10.0. The third-order valence-corrected chi connectivity index (χ3v) is 3.92. The van der Waals surface area contributed by atoms with Crippen molar-refractivity contribution in [2.45, 2.75) is 19.8 Å². The van der Waals surface area contributed by atoms with Crippen molar-refractivity contribution in [2.75, 3.05) is 0 Å². The smallest absolute Gasteiger partial charge is 0.198 e. The van der Waals surface area contributed by atoms with Gasteiger partial charge in [0.15, 0.2) is 5.88 Å². The molecular formula is C18H17ClN2O. The van der Waals surface area contributed by atoms with Gasteiger partial charge in [0.05, 0.1) is 16.8 Å². The van der Waals surface area contributed by atoms with Crippen molar-refractivity contribution >= 4 is 34.4 Å². The predicted octanol–water partition coefficient (Wildman–Crippen LogP) is 5.40. The van der Waals surface area contributed by atoms with Crippen molar-refractivity contribution in [2.24, 2.45) is 4.99 Å². The molecule has 0 atom stereocenters. The van der Waals surface area contributed by atoms with E-state index in [4.69, 9.17) is 11.6 Å². The molecule has 0 amide bonds. The molecule has 0 saturated carbocycles. The topological polar surface area (TPSA) is 48.4 Å². The molecule has 2 aromatic carbocycles. The van der Waals surface area contributed by atoms with E-state index in [9.17, 15) is 5.11 Å². The lowest BCUT2D eigenvalue weighted by molar-refractivity contribution is 0.457. The average molecular weight is 313 g/mol. The van der Waals surface area contributed by atoms with Gasteiger partial charge >= 0.3 is 0 Å². The first-order chi connectivity index (χ1) is 10.5. The Balaban J connectivity index is 1.93. The van der Waals surface area contributed by atoms with E-state index < -0.39 is 0 Å². The monoisotopic (exact) mass is 312 g/mol. The van der Waals surface area contributed by atoms with Crippen LogP contribution in [0.4, 0.5) is 5.69 Å². The summed E-state index contributed by atoms with van der Waals surface area (Å²) in [5.41, 5.74) is 3.59. The second kappa shape index (κ2) is 5.85. The first-order valence-corrected chi connectivity index (χ1v) is 7.56. The molecule has 0 bridgehead atoms.